The summed E-state index contributed by atoms with van der Waals surface area (Å²) in [6, 6.07) is 5.34. The smallest absolute Gasteiger partial charge is 0.243 e. The predicted molar refractivity (Wildman–Crippen MR) is 72.1 cm³/mol. The zero-order valence-corrected chi connectivity index (χ0v) is 11.3. The number of piperazine rings is 1. The van der Waals surface area contributed by atoms with E-state index in [-0.39, 0.29) is 30.7 Å². The van der Waals surface area contributed by atoms with E-state index in [1.807, 2.05) is 6.92 Å². The molecule has 3 N–H and O–H groups in total. The van der Waals surface area contributed by atoms with E-state index in [1.54, 1.807) is 23.1 Å². The van der Waals surface area contributed by atoms with Gasteiger partial charge in [-0.1, -0.05) is 25.1 Å². The SMILES string of the molecule is CCC1C(=O)NC(=O)CN1C(CN)c1ccccc1F. The quantitative estimate of drug-likeness (QED) is 0.790. The van der Waals surface area contributed by atoms with E-state index in [4.69, 9.17) is 5.73 Å². The molecule has 0 aromatic heterocycles. The molecule has 2 unspecified atom stereocenters. The Morgan fingerprint density at radius 1 is 1.45 bits per heavy atom. The van der Waals surface area contributed by atoms with Crippen molar-refractivity contribution in [1.29, 1.82) is 0 Å². The molecule has 1 aromatic rings. The molecule has 2 rings (SSSR count). The van der Waals surface area contributed by atoms with Gasteiger partial charge in [-0.15, -0.1) is 0 Å². The first-order valence-electron chi connectivity index (χ1n) is 6.62. The fourth-order valence-electron chi connectivity index (χ4n) is 2.62. The molecule has 2 amide bonds. The fourth-order valence-corrected chi connectivity index (χ4v) is 2.62. The van der Waals surface area contributed by atoms with Crippen LogP contribution in [0.1, 0.15) is 24.9 Å². The molecule has 1 saturated heterocycles. The van der Waals surface area contributed by atoms with Crippen molar-refractivity contribution in [2.24, 2.45) is 5.73 Å². The molecule has 0 saturated carbocycles. The second-order valence-electron chi connectivity index (χ2n) is 4.78. The molecular formula is C14H18FN3O2. The molecule has 1 heterocycles. The highest BCUT2D eigenvalue weighted by Crippen LogP contribution is 2.26. The minimum Gasteiger partial charge on any atom is -0.329 e. The molecule has 5 nitrogen and oxygen atoms in total. The highest BCUT2D eigenvalue weighted by molar-refractivity contribution is 6.01. The van der Waals surface area contributed by atoms with Crippen LogP contribution in [0.3, 0.4) is 0 Å². The number of carbonyl (C=O) groups excluding carboxylic acids is 2. The molecule has 108 valence electrons. The average Bonchev–Trinajstić information content (AvgIpc) is 2.41. The normalized spacial score (nSPS) is 21.6. The first kappa shape index (κ1) is 14.6. The van der Waals surface area contributed by atoms with E-state index in [9.17, 15) is 14.0 Å². The summed E-state index contributed by atoms with van der Waals surface area (Å²) >= 11 is 0. The van der Waals surface area contributed by atoms with Crippen molar-refractivity contribution in [2.75, 3.05) is 13.1 Å². The summed E-state index contributed by atoms with van der Waals surface area (Å²) in [5, 5.41) is 2.30. The summed E-state index contributed by atoms with van der Waals surface area (Å²) in [4.78, 5) is 25.1. The van der Waals surface area contributed by atoms with Crippen LogP contribution >= 0.6 is 0 Å². The van der Waals surface area contributed by atoms with Crippen LogP contribution in [0.4, 0.5) is 4.39 Å². The Labute approximate surface area is 116 Å². The number of nitrogens with one attached hydrogen (secondary N) is 1. The molecule has 0 radical (unpaired) electrons. The van der Waals surface area contributed by atoms with Crippen LogP contribution in [-0.4, -0.2) is 35.8 Å². The van der Waals surface area contributed by atoms with Crippen molar-refractivity contribution >= 4 is 11.8 Å². The second kappa shape index (κ2) is 6.11. The minimum absolute atomic E-state index is 0.0421. The Morgan fingerprint density at radius 2 is 2.15 bits per heavy atom. The summed E-state index contributed by atoms with van der Waals surface area (Å²) in [6.45, 7) is 2.03. The van der Waals surface area contributed by atoms with E-state index in [2.05, 4.69) is 5.32 Å². The average molecular weight is 279 g/mol. The number of halogens is 1. The van der Waals surface area contributed by atoms with Crippen LogP contribution in [-0.2, 0) is 9.59 Å². The Kier molecular flexibility index (Phi) is 4.46. The molecule has 1 aliphatic rings. The number of amides is 2. The van der Waals surface area contributed by atoms with Crippen LogP contribution < -0.4 is 11.1 Å². The molecule has 1 fully saturated rings. The molecule has 0 aliphatic carbocycles. The molecule has 1 aromatic carbocycles. The van der Waals surface area contributed by atoms with Gasteiger partial charge >= 0.3 is 0 Å². The number of hydrogen-bond acceptors (Lipinski definition) is 4. The first-order valence-corrected chi connectivity index (χ1v) is 6.62. The third-order valence-electron chi connectivity index (χ3n) is 3.57. The monoisotopic (exact) mass is 279 g/mol. The number of imide groups is 1. The van der Waals surface area contributed by atoms with Crippen LogP contribution in [0.2, 0.25) is 0 Å². The lowest BCUT2D eigenvalue weighted by atomic mass is 9.99. The topological polar surface area (TPSA) is 75.4 Å². The van der Waals surface area contributed by atoms with E-state index in [1.165, 1.54) is 6.07 Å². The molecule has 0 bridgehead atoms. The number of carbonyl (C=O) groups is 2. The number of benzene rings is 1. The fraction of sp³-hybridized carbons (Fsp3) is 0.429. The first-order chi connectivity index (χ1) is 9.58. The molecule has 1 aliphatic heterocycles. The van der Waals surface area contributed by atoms with Gasteiger partial charge in [-0.05, 0) is 12.5 Å². The lowest BCUT2D eigenvalue weighted by Crippen LogP contribution is -2.59. The summed E-state index contributed by atoms with van der Waals surface area (Å²) < 4.78 is 13.9. The summed E-state index contributed by atoms with van der Waals surface area (Å²) in [5.41, 5.74) is 6.17. The molecule has 2 atom stereocenters. The number of nitrogens with zero attached hydrogens (tertiary/aromatic N) is 1. The highest BCUT2D eigenvalue weighted by Gasteiger charge is 2.37. The number of nitrogens with two attached hydrogens (primary N) is 1. The van der Waals surface area contributed by atoms with Crippen LogP contribution in [0.15, 0.2) is 24.3 Å². The zero-order valence-electron chi connectivity index (χ0n) is 11.3. The van der Waals surface area contributed by atoms with Crippen molar-refractivity contribution in [3.63, 3.8) is 0 Å². The van der Waals surface area contributed by atoms with Gasteiger partial charge in [0.05, 0.1) is 18.6 Å². The number of hydrogen-bond donors (Lipinski definition) is 2. The van der Waals surface area contributed by atoms with Gasteiger partial charge in [0, 0.05) is 12.1 Å². The summed E-state index contributed by atoms with van der Waals surface area (Å²) in [6.07, 6.45) is 0.532. The van der Waals surface area contributed by atoms with Crippen LogP contribution in [0, 0.1) is 5.82 Å². The second-order valence-corrected chi connectivity index (χ2v) is 4.78. The van der Waals surface area contributed by atoms with Gasteiger partial charge in [-0.3, -0.25) is 19.8 Å². The van der Waals surface area contributed by atoms with E-state index in [0.717, 1.165) is 0 Å². The van der Waals surface area contributed by atoms with Crippen LogP contribution in [0.5, 0.6) is 0 Å². The van der Waals surface area contributed by atoms with Crippen LogP contribution in [0.25, 0.3) is 0 Å². The summed E-state index contributed by atoms with van der Waals surface area (Å²) in [7, 11) is 0. The van der Waals surface area contributed by atoms with E-state index >= 15 is 0 Å². The Morgan fingerprint density at radius 3 is 2.75 bits per heavy atom. The number of rotatable bonds is 4. The van der Waals surface area contributed by atoms with Gasteiger partial charge in [0.2, 0.25) is 11.8 Å². The molecule has 20 heavy (non-hydrogen) atoms. The van der Waals surface area contributed by atoms with Crippen molar-refractivity contribution in [1.82, 2.24) is 10.2 Å². The van der Waals surface area contributed by atoms with Gasteiger partial charge in [-0.25, -0.2) is 4.39 Å². The zero-order chi connectivity index (χ0) is 14.7. The largest absolute Gasteiger partial charge is 0.329 e. The van der Waals surface area contributed by atoms with Gasteiger partial charge in [0.25, 0.3) is 0 Å². The molecule has 0 spiro atoms. The molecular weight excluding hydrogens is 261 g/mol. The van der Waals surface area contributed by atoms with Gasteiger partial charge in [0.1, 0.15) is 5.82 Å². The van der Waals surface area contributed by atoms with E-state index in [0.29, 0.717) is 12.0 Å². The maximum atomic E-state index is 13.9. The lowest BCUT2D eigenvalue weighted by molar-refractivity contribution is -0.141. The maximum absolute atomic E-state index is 13.9. The Hall–Kier alpha value is -1.79. The third kappa shape index (κ3) is 2.71. The van der Waals surface area contributed by atoms with Crippen molar-refractivity contribution < 1.29 is 14.0 Å². The van der Waals surface area contributed by atoms with E-state index < -0.39 is 12.1 Å². The van der Waals surface area contributed by atoms with Crippen molar-refractivity contribution in [3.8, 4) is 0 Å². The Balaban J connectivity index is 2.36. The van der Waals surface area contributed by atoms with Gasteiger partial charge in [-0.2, -0.15) is 0 Å². The van der Waals surface area contributed by atoms with Gasteiger partial charge in [0.15, 0.2) is 0 Å². The minimum atomic E-state index is -0.490. The summed E-state index contributed by atoms with van der Waals surface area (Å²) in [5.74, 6) is -1.11. The predicted octanol–water partition coefficient (Wildman–Crippen LogP) is 0.563. The molecule has 6 heteroatoms. The third-order valence-corrected chi connectivity index (χ3v) is 3.57. The Bertz CT molecular complexity index is 521. The van der Waals surface area contributed by atoms with Crippen molar-refractivity contribution in [2.45, 2.75) is 25.4 Å². The lowest BCUT2D eigenvalue weighted by Gasteiger charge is -2.39. The highest BCUT2D eigenvalue weighted by atomic mass is 19.1. The van der Waals surface area contributed by atoms with Gasteiger partial charge < -0.3 is 5.73 Å². The van der Waals surface area contributed by atoms with Crippen molar-refractivity contribution in [3.05, 3.63) is 35.6 Å². The standard InChI is InChI=1S/C14H18FN3O2/c1-2-11-14(20)17-13(19)8-18(11)12(7-16)9-5-3-4-6-10(9)15/h3-6,11-12H,2,7-8,16H2,1H3,(H,17,19,20). The maximum Gasteiger partial charge on any atom is 0.243 e.